The minimum Gasteiger partial charge on any atom is -0.507 e. The second-order valence-corrected chi connectivity index (χ2v) is 6.41. The number of nitrogens with zero attached hydrogens (tertiary/aromatic N) is 1. The first-order chi connectivity index (χ1) is 13.1. The summed E-state index contributed by atoms with van der Waals surface area (Å²) in [7, 11) is 0. The van der Waals surface area contributed by atoms with Crippen LogP contribution in [0.4, 0.5) is 0 Å². The van der Waals surface area contributed by atoms with Crippen molar-refractivity contribution in [1.29, 1.82) is 0 Å². The van der Waals surface area contributed by atoms with Crippen LogP contribution in [0.5, 0.6) is 17.2 Å². The monoisotopic (exact) mass is 358 g/mol. The Morgan fingerprint density at radius 3 is 2.33 bits per heavy atom. The molecule has 4 rings (SSSR count). The fourth-order valence-corrected chi connectivity index (χ4v) is 3.20. The quantitative estimate of drug-likeness (QED) is 0.547. The van der Waals surface area contributed by atoms with E-state index in [9.17, 15) is 9.90 Å². The van der Waals surface area contributed by atoms with Gasteiger partial charge in [0.2, 0.25) is 0 Å². The molecule has 1 aliphatic heterocycles. The Morgan fingerprint density at radius 1 is 1.04 bits per heavy atom. The molecule has 0 aliphatic carbocycles. The maximum Gasteiger partial charge on any atom is 0.252 e. The average molecular weight is 358 g/mol. The molecular weight excluding hydrogens is 340 g/mol. The molecule has 1 amide bonds. The van der Waals surface area contributed by atoms with E-state index in [1.54, 1.807) is 18.2 Å². The highest BCUT2D eigenvalue weighted by Crippen LogP contribution is 2.43. The number of phenols is 1. The SMILES string of the molecule is Cc1ccc(O)c(C=NNC(=O)C2c3ccccc3Oc3ccccc32)c1. The van der Waals surface area contributed by atoms with Crippen LogP contribution in [-0.4, -0.2) is 17.2 Å². The first-order valence-corrected chi connectivity index (χ1v) is 8.62. The number of nitrogens with one attached hydrogen (secondary N) is 1. The molecule has 0 radical (unpaired) electrons. The molecule has 0 saturated heterocycles. The van der Waals surface area contributed by atoms with E-state index in [4.69, 9.17) is 4.74 Å². The lowest BCUT2D eigenvalue weighted by molar-refractivity contribution is -0.121. The maximum atomic E-state index is 12.9. The molecule has 5 nitrogen and oxygen atoms in total. The maximum absolute atomic E-state index is 12.9. The molecular formula is C22H18N2O3. The molecule has 1 aliphatic rings. The number of benzene rings is 3. The third kappa shape index (κ3) is 3.27. The zero-order valence-electron chi connectivity index (χ0n) is 14.7. The van der Waals surface area contributed by atoms with Gasteiger partial charge >= 0.3 is 0 Å². The Labute approximate surface area is 156 Å². The van der Waals surface area contributed by atoms with Crippen molar-refractivity contribution in [3.8, 4) is 17.2 Å². The van der Waals surface area contributed by atoms with E-state index in [1.165, 1.54) is 6.21 Å². The van der Waals surface area contributed by atoms with Crippen molar-refractivity contribution in [2.24, 2.45) is 5.10 Å². The Hall–Kier alpha value is -3.60. The molecule has 0 spiro atoms. The smallest absolute Gasteiger partial charge is 0.252 e. The number of rotatable bonds is 3. The molecule has 134 valence electrons. The fraction of sp³-hybridized carbons (Fsp3) is 0.0909. The van der Waals surface area contributed by atoms with E-state index in [-0.39, 0.29) is 11.7 Å². The van der Waals surface area contributed by atoms with Crippen molar-refractivity contribution in [2.75, 3.05) is 0 Å². The van der Waals surface area contributed by atoms with Gasteiger partial charge < -0.3 is 9.84 Å². The van der Waals surface area contributed by atoms with Gasteiger partial charge in [-0.1, -0.05) is 48.0 Å². The highest BCUT2D eigenvalue weighted by molar-refractivity contribution is 5.91. The summed E-state index contributed by atoms with van der Waals surface area (Å²) in [4.78, 5) is 12.9. The summed E-state index contributed by atoms with van der Waals surface area (Å²) in [5, 5.41) is 13.9. The topological polar surface area (TPSA) is 70.9 Å². The van der Waals surface area contributed by atoms with Crippen molar-refractivity contribution in [3.63, 3.8) is 0 Å². The molecule has 2 N–H and O–H groups in total. The van der Waals surface area contributed by atoms with Crippen LogP contribution in [0.25, 0.3) is 0 Å². The number of amides is 1. The summed E-state index contributed by atoms with van der Waals surface area (Å²) in [6.07, 6.45) is 1.44. The summed E-state index contributed by atoms with van der Waals surface area (Å²) in [5.41, 5.74) is 5.72. The molecule has 3 aromatic carbocycles. The van der Waals surface area contributed by atoms with Crippen LogP contribution in [0.1, 0.15) is 28.2 Å². The highest BCUT2D eigenvalue weighted by Gasteiger charge is 2.32. The van der Waals surface area contributed by atoms with E-state index >= 15 is 0 Å². The summed E-state index contributed by atoms with van der Waals surface area (Å²) >= 11 is 0. The van der Waals surface area contributed by atoms with E-state index in [1.807, 2.05) is 55.5 Å². The second-order valence-electron chi connectivity index (χ2n) is 6.41. The number of aryl methyl sites for hydroxylation is 1. The summed E-state index contributed by atoms with van der Waals surface area (Å²) in [5.74, 6) is 0.657. The summed E-state index contributed by atoms with van der Waals surface area (Å²) in [6.45, 7) is 1.92. The van der Waals surface area contributed by atoms with Crippen molar-refractivity contribution >= 4 is 12.1 Å². The molecule has 0 unspecified atom stereocenters. The summed E-state index contributed by atoms with van der Waals surface area (Å²) in [6, 6.07) is 20.2. The lowest BCUT2D eigenvalue weighted by Crippen LogP contribution is -2.28. The van der Waals surface area contributed by atoms with Gasteiger partial charge in [-0.15, -0.1) is 0 Å². The molecule has 1 heterocycles. The lowest BCUT2D eigenvalue weighted by Gasteiger charge is -2.26. The number of para-hydroxylation sites is 2. The number of phenolic OH excluding ortho intramolecular Hbond substituents is 1. The van der Waals surface area contributed by atoms with Gasteiger partial charge in [-0.2, -0.15) is 5.10 Å². The number of fused-ring (bicyclic) bond motifs is 2. The summed E-state index contributed by atoms with van der Waals surface area (Å²) < 4.78 is 5.91. The van der Waals surface area contributed by atoms with Gasteiger partial charge in [0.1, 0.15) is 17.2 Å². The van der Waals surface area contributed by atoms with Crippen molar-refractivity contribution in [3.05, 3.63) is 89.0 Å². The Morgan fingerprint density at radius 2 is 1.67 bits per heavy atom. The Bertz CT molecular complexity index is 998. The molecule has 5 heteroatoms. The van der Waals surface area contributed by atoms with Crippen LogP contribution in [0.15, 0.2) is 71.8 Å². The Kier molecular flexibility index (Phi) is 4.34. The predicted molar refractivity (Wildman–Crippen MR) is 103 cm³/mol. The minimum absolute atomic E-state index is 0.111. The normalized spacial score (nSPS) is 12.9. The van der Waals surface area contributed by atoms with E-state index in [2.05, 4.69) is 10.5 Å². The van der Waals surface area contributed by atoms with Gasteiger partial charge in [0.25, 0.3) is 5.91 Å². The average Bonchev–Trinajstić information content (AvgIpc) is 2.68. The van der Waals surface area contributed by atoms with Crippen molar-refractivity contribution in [1.82, 2.24) is 5.43 Å². The zero-order valence-corrected chi connectivity index (χ0v) is 14.7. The minimum atomic E-state index is -0.519. The van der Waals surface area contributed by atoms with Crippen LogP contribution in [0, 0.1) is 6.92 Å². The van der Waals surface area contributed by atoms with Crippen molar-refractivity contribution in [2.45, 2.75) is 12.8 Å². The molecule has 3 aromatic rings. The number of ether oxygens (including phenoxy) is 1. The molecule has 0 fully saturated rings. The number of carbonyl (C=O) groups excluding carboxylic acids is 1. The third-order valence-electron chi connectivity index (χ3n) is 4.50. The highest BCUT2D eigenvalue weighted by atomic mass is 16.5. The fourth-order valence-electron chi connectivity index (χ4n) is 3.20. The second kappa shape index (κ2) is 6.96. The van der Waals surface area contributed by atoms with Gasteiger partial charge in [-0.05, 0) is 31.2 Å². The van der Waals surface area contributed by atoms with Crippen LogP contribution >= 0.6 is 0 Å². The van der Waals surface area contributed by atoms with E-state index in [0.717, 1.165) is 16.7 Å². The zero-order chi connectivity index (χ0) is 18.8. The molecule has 0 aromatic heterocycles. The lowest BCUT2D eigenvalue weighted by atomic mass is 9.87. The first kappa shape index (κ1) is 16.8. The van der Waals surface area contributed by atoms with Gasteiger partial charge in [0, 0.05) is 16.7 Å². The number of hydrogen-bond acceptors (Lipinski definition) is 4. The molecule has 0 saturated carbocycles. The van der Waals surface area contributed by atoms with Gasteiger partial charge in [0.15, 0.2) is 0 Å². The number of carbonyl (C=O) groups is 1. The predicted octanol–water partition coefficient (Wildman–Crippen LogP) is 4.09. The largest absolute Gasteiger partial charge is 0.507 e. The molecule has 0 atom stereocenters. The van der Waals surface area contributed by atoms with Gasteiger partial charge in [0.05, 0.1) is 12.1 Å². The molecule has 27 heavy (non-hydrogen) atoms. The van der Waals surface area contributed by atoms with Crippen LogP contribution in [0.2, 0.25) is 0 Å². The van der Waals surface area contributed by atoms with Crippen molar-refractivity contribution < 1.29 is 14.6 Å². The van der Waals surface area contributed by atoms with Crippen LogP contribution < -0.4 is 10.2 Å². The van der Waals surface area contributed by atoms with Gasteiger partial charge in [-0.25, -0.2) is 5.43 Å². The molecule has 0 bridgehead atoms. The van der Waals surface area contributed by atoms with Gasteiger partial charge in [-0.3, -0.25) is 4.79 Å². The standard InChI is InChI=1S/C22H18N2O3/c1-14-10-11-18(25)15(12-14)13-23-24-22(26)21-16-6-2-4-8-19(16)27-20-9-5-3-7-17(20)21/h2-13,21,25H,1H3,(H,24,26). The van der Waals surface area contributed by atoms with E-state index < -0.39 is 5.92 Å². The number of hydrogen-bond donors (Lipinski definition) is 2. The van der Waals surface area contributed by atoms with E-state index in [0.29, 0.717) is 17.1 Å². The Balaban J connectivity index is 1.62. The van der Waals surface area contributed by atoms with Crippen LogP contribution in [-0.2, 0) is 4.79 Å². The number of aromatic hydroxyl groups is 1. The number of hydrazone groups is 1. The first-order valence-electron chi connectivity index (χ1n) is 8.62. The third-order valence-corrected chi connectivity index (χ3v) is 4.50. The van der Waals surface area contributed by atoms with Crippen LogP contribution in [0.3, 0.4) is 0 Å².